The van der Waals surface area contributed by atoms with Gasteiger partial charge in [0, 0.05) is 74.0 Å². The average Bonchev–Trinajstić information content (AvgIpc) is 2.96. The first-order chi connectivity index (χ1) is 19.1. The van der Waals surface area contributed by atoms with Gasteiger partial charge in [-0.1, -0.05) is 11.6 Å². The Bertz CT molecular complexity index is 1260. The Labute approximate surface area is 233 Å². The summed E-state index contributed by atoms with van der Waals surface area (Å²) in [4.78, 5) is 20.2. The smallest absolute Gasteiger partial charge is 0.245 e. The predicted octanol–water partition coefficient (Wildman–Crippen LogP) is 2.97. The van der Waals surface area contributed by atoms with Crippen molar-refractivity contribution in [3.05, 3.63) is 59.0 Å². The van der Waals surface area contributed by atoms with Gasteiger partial charge in [-0.25, -0.2) is 10.4 Å². The number of pyridine rings is 1. The summed E-state index contributed by atoms with van der Waals surface area (Å²) in [5, 5.41) is 17.5. The first-order valence-corrected chi connectivity index (χ1v) is 13.5. The molecule has 2 aliphatic heterocycles. The third-order valence-electron chi connectivity index (χ3n) is 6.73. The molecule has 3 N–H and O–H groups in total. The number of hydrogen-bond acceptors (Lipinski definition) is 11. The first-order valence-electron chi connectivity index (χ1n) is 13.1. The Morgan fingerprint density at radius 1 is 1.00 bits per heavy atom. The van der Waals surface area contributed by atoms with E-state index in [1.807, 2.05) is 31.2 Å². The van der Waals surface area contributed by atoms with Gasteiger partial charge < -0.3 is 25.0 Å². The van der Waals surface area contributed by atoms with Crippen LogP contribution >= 0.6 is 11.6 Å². The lowest BCUT2D eigenvalue weighted by Crippen LogP contribution is -2.47. The van der Waals surface area contributed by atoms with Gasteiger partial charge in [0.05, 0.1) is 43.6 Å². The minimum absolute atomic E-state index is 0.192. The van der Waals surface area contributed by atoms with Crippen LogP contribution in [0.4, 0.5) is 28.8 Å². The molecule has 0 atom stereocenters. The summed E-state index contributed by atoms with van der Waals surface area (Å²) >= 11 is 6.44. The van der Waals surface area contributed by atoms with Gasteiger partial charge in [-0.2, -0.15) is 10.1 Å². The summed E-state index contributed by atoms with van der Waals surface area (Å²) in [5.41, 5.74) is 7.44. The number of anilines is 5. The van der Waals surface area contributed by atoms with Crippen LogP contribution in [0.2, 0.25) is 5.02 Å². The number of nitrogens with one attached hydrogen (secondary N) is 2. The highest BCUT2D eigenvalue weighted by atomic mass is 35.5. The van der Waals surface area contributed by atoms with E-state index in [4.69, 9.17) is 16.3 Å². The van der Waals surface area contributed by atoms with Crippen molar-refractivity contribution in [3.63, 3.8) is 0 Å². The fraction of sp³-hybridized carbons (Fsp3) is 0.407. The maximum atomic E-state index is 9.17. The number of rotatable bonds is 9. The van der Waals surface area contributed by atoms with E-state index in [2.05, 4.69) is 51.6 Å². The van der Waals surface area contributed by atoms with Crippen LogP contribution in [0.15, 0.2) is 47.8 Å². The number of aliphatic hydroxyl groups is 1. The molecule has 0 radical (unpaired) electrons. The van der Waals surface area contributed by atoms with Crippen LogP contribution in [0, 0.1) is 6.92 Å². The van der Waals surface area contributed by atoms with Crippen molar-refractivity contribution in [3.8, 4) is 0 Å². The Balaban J connectivity index is 1.17. The van der Waals surface area contributed by atoms with E-state index in [1.165, 1.54) is 0 Å². The SMILES string of the molecule is Cc1cnc(N/N=C/c2ccc(Nc3cc(Cl)cc(N4CCN(CCO)CC4)c3)cn2)nc1N1CCOCC1. The van der Waals surface area contributed by atoms with Crippen LogP contribution in [0.25, 0.3) is 0 Å². The third-order valence-corrected chi connectivity index (χ3v) is 6.95. The molecular formula is C27H34ClN9O2. The molecule has 206 valence electrons. The Kier molecular flexibility index (Phi) is 9.04. The number of piperazine rings is 1. The number of aryl methyl sites for hydroxylation is 1. The average molecular weight is 552 g/mol. The summed E-state index contributed by atoms with van der Waals surface area (Å²) in [7, 11) is 0. The lowest BCUT2D eigenvalue weighted by Gasteiger charge is -2.36. The number of ether oxygens (including phenoxy) is 1. The van der Waals surface area contributed by atoms with Crippen molar-refractivity contribution in [1.82, 2.24) is 19.9 Å². The maximum absolute atomic E-state index is 9.17. The van der Waals surface area contributed by atoms with Crippen molar-refractivity contribution in [1.29, 1.82) is 0 Å². The number of β-amino-alcohol motifs (C(OH)–C–C–N with tert-alkyl or cyclic N) is 1. The standard InChI is InChI=1S/C27H34ClN9O2/c1-20-17-30-27(33-26(20)37-9-12-39-13-10-37)34-31-19-22-2-3-23(18-29-22)32-24-14-21(28)15-25(16-24)36-6-4-35(5-7-36)8-11-38/h2-3,14-19,32,38H,4-13H2,1H3,(H,30,33,34)/b31-19+. The molecule has 2 aromatic heterocycles. The Morgan fingerprint density at radius 3 is 2.56 bits per heavy atom. The second kappa shape index (κ2) is 13.0. The molecule has 0 saturated carbocycles. The molecule has 5 rings (SSSR count). The molecule has 39 heavy (non-hydrogen) atoms. The van der Waals surface area contributed by atoms with Gasteiger partial charge in [0.2, 0.25) is 5.95 Å². The Hall–Kier alpha value is -3.51. The van der Waals surface area contributed by atoms with E-state index >= 15 is 0 Å². The largest absolute Gasteiger partial charge is 0.395 e. The van der Waals surface area contributed by atoms with E-state index in [0.717, 1.165) is 74.3 Å². The van der Waals surface area contributed by atoms with Gasteiger partial charge in [-0.05, 0) is 37.3 Å². The third kappa shape index (κ3) is 7.33. The van der Waals surface area contributed by atoms with Gasteiger partial charge >= 0.3 is 0 Å². The predicted molar refractivity (Wildman–Crippen MR) is 156 cm³/mol. The molecule has 2 fully saturated rings. The van der Waals surface area contributed by atoms with Gasteiger partial charge in [0.15, 0.2) is 0 Å². The lowest BCUT2D eigenvalue weighted by molar-refractivity contribution is 0.122. The van der Waals surface area contributed by atoms with Crippen LogP contribution in [-0.2, 0) is 4.74 Å². The molecular weight excluding hydrogens is 518 g/mol. The number of aromatic nitrogens is 3. The van der Waals surface area contributed by atoms with Crippen LogP contribution in [-0.4, -0.2) is 96.8 Å². The molecule has 3 aromatic rings. The highest BCUT2D eigenvalue weighted by Gasteiger charge is 2.18. The van der Waals surface area contributed by atoms with Crippen molar-refractivity contribution in [2.75, 3.05) is 86.2 Å². The molecule has 0 unspecified atom stereocenters. The lowest BCUT2D eigenvalue weighted by atomic mass is 10.2. The van der Waals surface area contributed by atoms with E-state index in [-0.39, 0.29) is 6.61 Å². The number of hydrogen-bond donors (Lipinski definition) is 3. The first kappa shape index (κ1) is 27.1. The van der Waals surface area contributed by atoms with Gasteiger partial charge in [-0.15, -0.1) is 0 Å². The van der Waals surface area contributed by atoms with Gasteiger partial charge in [0.1, 0.15) is 5.82 Å². The zero-order valence-electron chi connectivity index (χ0n) is 22.1. The van der Waals surface area contributed by atoms with Gasteiger partial charge in [-0.3, -0.25) is 9.88 Å². The monoisotopic (exact) mass is 551 g/mol. The van der Waals surface area contributed by atoms with Crippen LogP contribution in [0.5, 0.6) is 0 Å². The molecule has 1 aromatic carbocycles. The summed E-state index contributed by atoms with van der Waals surface area (Å²) in [6.07, 6.45) is 5.19. The molecule has 2 saturated heterocycles. The van der Waals surface area contributed by atoms with Crippen LogP contribution < -0.4 is 20.5 Å². The Morgan fingerprint density at radius 2 is 1.82 bits per heavy atom. The molecule has 0 spiro atoms. The quantitative estimate of drug-likeness (QED) is 0.271. The minimum atomic E-state index is 0.192. The number of nitrogens with zero attached hydrogens (tertiary/aromatic N) is 7. The number of halogens is 1. The summed E-state index contributed by atoms with van der Waals surface area (Å²) < 4.78 is 5.44. The zero-order chi connectivity index (χ0) is 27.0. The molecule has 0 bridgehead atoms. The van der Waals surface area contributed by atoms with Gasteiger partial charge in [0.25, 0.3) is 0 Å². The summed E-state index contributed by atoms with van der Waals surface area (Å²) in [6.45, 7) is 9.55. The van der Waals surface area contributed by atoms with E-state index in [1.54, 1.807) is 18.6 Å². The molecule has 4 heterocycles. The number of morpholine rings is 1. The van der Waals surface area contributed by atoms with Crippen molar-refractivity contribution in [2.24, 2.45) is 5.10 Å². The van der Waals surface area contributed by atoms with Crippen LogP contribution in [0.3, 0.4) is 0 Å². The van der Waals surface area contributed by atoms with Crippen molar-refractivity contribution in [2.45, 2.75) is 6.92 Å². The van der Waals surface area contributed by atoms with E-state index < -0.39 is 0 Å². The van der Waals surface area contributed by atoms with E-state index in [0.29, 0.717) is 29.9 Å². The second-order valence-corrected chi connectivity index (χ2v) is 9.95. The van der Waals surface area contributed by atoms with Crippen molar-refractivity contribution < 1.29 is 9.84 Å². The summed E-state index contributed by atoms with van der Waals surface area (Å²) in [5.74, 6) is 1.33. The van der Waals surface area contributed by atoms with E-state index in [9.17, 15) is 5.11 Å². The van der Waals surface area contributed by atoms with Crippen LogP contribution in [0.1, 0.15) is 11.3 Å². The topological polar surface area (TPSA) is 114 Å². The molecule has 11 nitrogen and oxygen atoms in total. The number of benzene rings is 1. The summed E-state index contributed by atoms with van der Waals surface area (Å²) in [6, 6.07) is 9.82. The fourth-order valence-corrected chi connectivity index (χ4v) is 4.89. The molecule has 0 aliphatic carbocycles. The maximum Gasteiger partial charge on any atom is 0.245 e. The number of aliphatic hydroxyl groups excluding tert-OH is 1. The zero-order valence-corrected chi connectivity index (χ0v) is 22.8. The second-order valence-electron chi connectivity index (χ2n) is 9.52. The normalized spacial score (nSPS) is 16.6. The highest BCUT2D eigenvalue weighted by Crippen LogP contribution is 2.28. The molecule has 2 aliphatic rings. The fourth-order valence-electron chi connectivity index (χ4n) is 4.66. The number of hydrazone groups is 1. The minimum Gasteiger partial charge on any atom is -0.395 e. The highest BCUT2D eigenvalue weighted by molar-refractivity contribution is 6.31. The van der Waals surface area contributed by atoms with Crippen molar-refractivity contribution >= 4 is 46.6 Å². The molecule has 12 heteroatoms. The molecule has 0 amide bonds.